The average Bonchev–Trinajstić information content (AvgIpc) is 2.59. The molecule has 0 aliphatic rings. The van der Waals surface area contributed by atoms with E-state index in [2.05, 4.69) is 4.98 Å². The number of H-pyrrole nitrogens is 1. The number of benzene rings is 1. The number of aliphatic hydroxyl groups is 1. The van der Waals surface area contributed by atoms with Crippen LogP contribution in [0.25, 0.3) is 16.7 Å². The molecule has 0 saturated carbocycles. The zero-order valence-corrected chi connectivity index (χ0v) is 9.38. The number of ketones is 1. The Balaban J connectivity index is 2.61. The van der Waals surface area contributed by atoms with Crippen molar-refractivity contribution in [3.8, 4) is 0 Å². The fraction of sp³-hybridized carbons (Fsp3) is 0.0833. The molecular formula is C12H10ClNO2. The van der Waals surface area contributed by atoms with Crippen LogP contribution in [0.2, 0.25) is 5.02 Å². The van der Waals surface area contributed by atoms with Crippen molar-refractivity contribution in [2.75, 3.05) is 0 Å². The van der Waals surface area contributed by atoms with Crippen molar-refractivity contribution in [1.82, 2.24) is 4.98 Å². The zero-order valence-electron chi connectivity index (χ0n) is 8.62. The molecule has 0 amide bonds. The number of aromatic nitrogens is 1. The molecular weight excluding hydrogens is 226 g/mol. The predicted molar refractivity (Wildman–Crippen MR) is 64.6 cm³/mol. The van der Waals surface area contributed by atoms with E-state index in [1.54, 1.807) is 18.3 Å². The molecule has 0 saturated heterocycles. The van der Waals surface area contributed by atoms with Crippen LogP contribution in [0, 0.1) is 0 Å². The molecule has 2 rings (SSSR count). The Hall–Kier alpha value is -1.74. The molecule has 0 bridgehead atoms. The van der Waals surface area contributed by atoms with Gasteiger partial charge in [0.1, 0.15) is 5.76 Å². The van der Waals surface area contributed by atoms with Gasteiger partial charge in [-0.1, -0.05) is 11.6 Å². The largest absolute Gasteiger partial charge is 0.507 e. The Labute approximate surface area is 97.4 Å². The van der Waals surface area contributed by atoms with Crippen LogP contribution in [-0.2, 0) is 4.79 Å². The maximum Gasteiger partial charge on any atom is 0.156 e. The van der Waals surface area contributed by atoms with E-state index in [-0.39, 0.29) is 11.5 Å². The first kappa shape index (κ1) is 10.8. The molecule has 0 spiro atoms. The summed E-state index contributed by atoms with van der Waals surface area (Å²) in [5.74, 6) is -0.255. The van der Waals surface area contributed by atoms with Crippen molar-refractivity contribution in [2.24, 2.45) is 0 Å². The lowest BCUT2D eigenvalue weighted by Gasteiger charge is -1.97. The summed E-state index contributed by atoms with van der Waals surface area (Å²) >= 11 is 5.88. The summed E-state index contributed by atoms with van der Waals surface area (Å²) in [6, 6.07) is 5.32. The Morgan fingerprint density at radius 2 is 2.25 bits per heavy atom. The number of hydrogen-bond acceptors (Lipinski definition) is 2. The van der Waals surface area contributed by atoms with Gasteiger partial charge in [-0.3, -0.25) is 4.79 Å². The Morgan fingerprint density at radius 3 is 2.94 bits per heavy atom. The molecule has 3 nitrogen and oxygen atoms in total. The van der Waals surface area contributed by atoms with Gasteiger partial charge in [0.05, 0.1) is 0 Å². The predicted octanol–water partition coefficient (Wildman–Crippen LogP) is 3.31. The molecule has 1 heterocycles. The highest BCUT2D eigenvalue weighted by atomic mass is 35.5. The van der Waals surface area contributed by atoms with Crippen molar-refractivity contribution in [3.05, 3.63) is 41.1 Å². The number of halogens is 1. The van der Waals surface area contributed by atoms with Gasteiger partial charge in [0.15, 0.2) is 5.78 Å². The van der Waals surface area contributed by atoms with E-state index in [9.17, 15) is 9.90 Å². The van der Waals surface area contributed by atoms with Gasteiger partial charge in [-0.05, 0) is 25.1 Å². The molecule has 0 aliphatic heterocycles. The summed E-state index contributed by atoms with van der Waals surface area (Å²) in [6.45, 7) is 1.39. The third-order valence-electron chi connectivity index (χ3n) is 2.26. The molecule has 82 valence electrons. The van der Waals surface area contributed by atoms with Gasteiger partial charge in [-0.25, -0.2) is 0 Å². The monoisotopic (exact) mass is 235 g/mol. The van der Waals surface area contributed by atoms with Gasteiger partial charge in [0, 0.05) is 33.8 Å². The van der Waals surface area contributed by atoms with Gasteiger partial charge in [0.2, 0.25) is 0 Å². The summed E-state index contributed by atoms with van der Waals surface area (Å²) in [5, 5.41) is 11.1. The molecule has 0 unspecified atom stereocenters. The van der Waals surface area contributed by atoms with Crippen LogP contribution >= 0.6 is 11.6 Å². The van der Waals surface area contributed by atoms with E-state index in [4.69, 9.17) is 11.6 Å². The normalized spacial score (nSPS) is 12.0. The molecule has 1 aromatic heterocycles. The highest BCUT2D eigenvalue weighted by Crippen LogP contribution is 2.26. The summed E-state index contributed by atoms with van der Waals surface area (Å²) in [5.41, 5.74) is 1.44. The summed E-state index contributed by atoms with van der Waals surface area (Å²) < 4.78 is 0. The minimum absolute atomic E-state index is 0.0546. The van der Waals surface area contributed by atoms with Crippen LogP contribution in [0.3, 0.4) is 0 Å². The van der Waals surface area contributed by atoms with Gasteiger partial charge in [0.25, 0.3) is 0 Å². The average molecular weight is 236 g/mol. The number of hydrogen-bond donors (Lipinski definition) is 2. The molecule has 4 heteroatoms. The fourth-order valence-electron chi connectivity index (χ4n) is 1.58. The summed E-state index contributed by atoms with van der Waals surface area (Å²) in [6.07, 6.45) is 2.83. The molecule has 2 N–H and O–H groups in total. The number of fused-ring (bicyclic) bond motifs is 1. The van der Waals surface area contributed by atoms with E-state index >= 15 is 0 Å². The maximum absolute atomic E-state index is 10.9. The van der Waals surface area contributed by atoms with Crippen LogP contribution < -0.4 is 0 Å². The first-order valence-corrected chi connectivity index (χ1v) is 5.14. The van der Waals surface area contributed by atoms with E-state index in [0.29, 0.717) is 10.6 Å². The molecule has 2 aromatic rings. The fourth-order valence-corrected chi connectivity index (χ4v) is 1.75. The topological polar surface area (TPSA) is 53.1 Å². The highest BCUT2D eigenvalue weighted by Gasteiger charge is 2.08. The minimum atomic E-state index is -0.200. The van der Waals surface area contributed by atoms with Crippen LogP contribution in [0.15, 0.2) is 30.5 Å². The smallest absolute Gasteiger partial charge is 0.156 e. The second kappa shape index (κ2) is 4.02. The van der Waals surface area contributed by atoms with Crippen molar-refractivity contribution >= 4 is 34.0 Å². The number of aromatic amines is 1. The quantitative estimate of drug-likeness (QED) is 0.620. The van der Waals surface area contributed by atoms with Crippen molar-refractivity contribution in [3.63, 3.8) is 0 Å². The third kappa shape index (κ3) is 1.95. The Morgan fingerprint density at radius 1 is 1.50 bits per heavy atom. The van der Waals surface area contributed by atoms with Gasteiger partial charge in [-0.2, -0.15) is 0 Å². The zero-order chi connectivity index (χ0) is 11.7. The van der Waals surface area contributed by atoms with Crippen LogP contribution in [-0.4, -0.2) is 15.9 Å². The van der Waals surface area contributed by atoms with E-state index < -0.39 is 0 Å². The Kier molecular flexibility index (Phi) is 2.71. The van der Waals surface area contributed by atoms with Crippen LogP contribution in [0.5, 0.6) is 0 Å². The van der Waals surface area contributed by atoms with Crippen molar-refractivity contribution in [1.29, 1.82) is 0 Å². The lowest BCUT2D eigenvalue weighted by molar-refractivity contribution is -0.112. The molecule has 1 aromatic carbocycles. The summed E-state index contributed by atoms with van der Waals surface area (Å²) in [7, 11) is 0. The number of nitrogens with one attached hydrogen (secondary N) is 1. The third-order valence-corrected chi connectivity index (χ3v) is 2.49. The molecule has 0 fully saturated rings. The lowest BCUT2D eigenvalue weighted by atomic mass is 10.1. The molecule has 0 aliphatic carbocycles. The van der Waals surface area contributed by atoms with Gasteiger partial charge >= 0.3 is 0 Å². The first-order valence-electron chi connectivity index (χ1n) is 4.76. The number of allylic oxidation sites excluding steroid dienone is 1. The second-order valence-electron chi connectivity index (χ2n) is 3.53. The standard InChI is InChI=1S/C12H10ClNO2/c1-7(15)4-12(16)10-6-14-11-3-2-8(13)5-9(10)11/h2-6,14,16H,1H3. The number of aliphatic hydroxyl groups excluding tert-OH is 1. The molecule has 16 heavy (non-hydrogen) atoms. The van der Waals surface area contributed by atoms with E-state index in [1.165, 1.54) is 13.0 Å². The summed E-state index contributed by atoms with van der Waals surface area (Å²) in [4.78, 5) is 13.9. The van der Waals surface area contributed by atoms with Crippen LogP contribution in [0.1, 0.15) is 12.5 Å². The Bertz CT molecular complexity index is 584. The maximum atomic E-state index is 10.9. The first-order chi connectivity index (χ1) is 7.58. The number of carbonyl (C=O) groups is 1. The minimum Gasteiger partial charge on any atom is -0.507 e. The van der Waals surface area contributed by atoms with E-state index in [1.807, 2.05) is 6.07 Å². The lowest BCUT2D eigenvalue weighted by Crippen LogP contribution is -1.87. The van der Waals surface area contributed by atoms with Crippen LogP contribution in [0.4, 0.5) is 0 Å². The number of rotatable bonds is 2. The molecule has 0 atom stereocenters. The van der Waals surface area contributed by atoms with Gasteiger partial charge < -0.3 is 10.1 Å². The highest BCUT2D eigenvalue weighted by molar-refractivity contribution is 6.31. The van der Waals surface area contributed by atoms with Crippen molar-refractivity contribution in [2.45, 2.75) is 6.92 Å². The van der Waals surface area contributed by atoms with E-state index in [0.717, 1.165) is 10.9 Å². The second-order valence-corrected chi connectivity index (χ2v) is 3.97. The van der Waals surface area contributed by atoms with Crippen molar-refractivity contribution < 1.29 is 9.90 Å². The number of carbonyl (C=O) groups excluding carboxylic acids is 1. The SMILES string of the molecule is CC(=O)C=C(O)c1c[nH]c2ccc(Cl)cc12. The van der Waals surface area contributed by atoms with Gasteiger partial charge in [-0.15, -0.1) is 0 Å². The molecule has 0 radical (unpaired) electrons.